The highest BCUT2D eigenvalue weighted by Crippen LogP contribution is 2.11. The summed E-state index contributed by atoms with van der Waals surface area (Å²) >= 11 is 0. The number of carboxylic acid groups (broad SMARTS) is 1. The standard InChI is InChI=1S/C16H22N6O5/c1-10(14(25)26)8-20-12(23)9-22-13(24)11(21-16(22)27)4-2-5-17-15-18-6-3-7-19-15/h3,6-7,10-11H,2,4-5,8-9H2,1H3,(H,20,23)(H,21,27)(H,25,26)(H,17,18,19). The first-order valence-corrected chi connectivity index (χ1v) is 8.50. The molecule has 0 aromatic carbocycles. The highest BCUT2D eigenvalue weighted by Gasteiger charge is 2.38. The summed E-state index contributed by atoms with van der Waals surface area (Å²) in [5.41, 5.74) is 0. The lowest BCUT2D eigenvalue weighted by Gasteiger charge is -2.14. The fourth-order valence-corrected chi connectivity index (χ4v) is 2.37. The van der Waals surface area contributed by atoms with Gasteiger partial charge in [-0.2, -0.15) is 0 Å². The molecule has 0 radical (unpaired) electrons. The molecule has 1 aliphatic rings. The SMILES string of the molecule is CC(CNC(=O)CN1C(=O)NC(CCCNc2ncccn2)C1=O)C(=O)O. The second kappa shape index (κ2) is 9.46. The Morgan fingerprint density at radius 2 is 2.04 bits per heavy atom. The van der Waals surface area contributed by atoms with E-state index in [1.165, 1.54) is 6.92 Å². The number of aliphatic carboxylic acids is 1. The van der Waals surface area contributed by atoms with Crippen molar-refractivity contribution < 1.29 is 24.3 Å². The normalized spacial score (nSPS) is 17.4. The molecule has 2 atom stereocenters. The number of aromatic nitrogens is 2. The predicted molar refractivity (Wildman–Crippen MR) is 93.6 cm³/mol. The molecular weight excluding hydrogens is 356 g/mol. The average Bonchev–Trinajstić information content (AvgIpc) is 2.91. The van der Waals surface area contributed by atoms with Crippen LogP contribution in [0.25, 0.3) is 0 Å². The topological polar surface area (TPSA) is 154 Å². The third kappa shape index (κ3) is 5.90. The molecule has 0 aliphatic carbocycles. The monoisotopic (exact) mass is 378 g/mol. The molecule has 2 unspecified atom stereocenters. The number of carbonyl (C=O) groups is 4. The first-order valence-electron chi connectivity index (χ1n) is 8.50. The molecule has 11 nitrogen and oxygen atoms in total. The molecule has 11 heteroatoms. The number of nitrogens with zero attached hydrogens (tertiary/aromatic N) is 3. The molecule has 146 valence electrons. The van der Waals surface area contributed by atoms with Crippen LogP contribution in [0.3, 0.4) is 0 Å². The number of carbonyl (C=O) groups excluding carboxylic acids is 3. The highest BCUT2D eigenvalue weighted by atomic mass is 16.4. The van der Waals surface area contributed by atoms with E-state index in [4.69, 9.17) is 5.11 Å². The van der Waals surface area contributed by atoms with Gasteiger partial charge in [0.25, 0.3) is 5.91 Å². The van der Waals surface area contributed by atoms with Crippen molar-refractivity contribution in [1.82, 2.24) is 25.5 Å². The quantitative estimate of drug-likeness (QED) is 0.312. The minimum Gasteiger partial charge on any atom is -0.481 e. The Kier molecular flexibility index (Phi) is 7.03. The Labute approximate surface area is 155 Å². The van der Waals surface area contributed by atoms with Crippen molar-refractivity contribution in [3.05, 3.63) is 18.5 Å². The summed E-state index contributed by atoms with van der Waals surface area (Å²) < 4.78 is 0. The first-order chi connectivity index (χ1) is 12.9. The van der Waals surface area contributed by atoms with Gasteiger partial charge in [-0.05, 0) is 18.9 Å². The number of hydrogen-bond donors (Lipinski definition) is 4. The van der Waals surface area contributed by atoms with Crippen molar-refractivity contribution in [2.24, 2.45) is 5.92 Å². The van der Waals surface area contributed by atoms with Crippen molar-refractivity contribution in [3.8, 4) is 0 Å². The summed E-state index contributed by atoms with van der Waals surface area (Å²) in [7, 11) is 0. The average molecular weight is 378 g/mol. The number of nitrogens with one attached hydrogen (secondary N) is 3. The molecule has 1 aromatic heterocycles. The van der Waals surface area contributed by atoms with Gasteiger partial charge in [0.05, 0.1) is 5.92 Å². The minimum absolute atomic E-state index is 0.0749. The second-order valence-electron chi connectivity index (χ2n) is 6.11. The number of anilines is 1. The largest absolute Gasteiger partial charge is 0.481 e. The lowest BCUT2D eigenvalue weighted by atomic mass is 10.1. The Morgan fingerprint density at radius 3 is 2.70 bits per heavy atom. The van der Waals surface area contributed by atoms with E-state index in [1.54, 1.807) is 18.5 Å². The lowest BCUT2D eigenvalue weighted by molar-refractivity contribution is -0.141. The van der Waals surface area contributed by atoms with Crippen molar-refractivity contribution >= 4 is 29.8 Å². The number of carboxylic acids is 1. The van der Waals surface area contributed by atoms with Crippen molar-refractivity contribution in [3.63, 3.8) is 0 Å². The van der Waals surface area contributed by atoms with Crippen molar-refractivity contribution in [2.45, 2.75) is 25.8 Å². The molecule has 0 saturated carbocycles. The number of urea groups is 1. The van der Waals surface area contributed by atoms with Crippen molar-refractivity contribution in [2.75, 3.05) is 25.0 Å². The zero-order valence-electron chi connectivity index (χ0n) is 14.8. The van der Waals surface area contributed by atoms with Crippen LogP contribution < -0.4 is 16.0 Å². The first kappa shape index (κ1) is 20.1. The smallest absolute Gasteiger partial charge is 0.325 e. The van der Waals surface area contributed by atoms with Gasteiger partial charge in [0.15, 0.2) is 0 Å². The summed E-state index contributed by atoms with van der Waals surface area (Å²) in [6.07, 6.45) is 4.20. The Balaban J connectivity index is 1.73. The van der Waals surface area contributed by atoms with Crippen LogP contribution in [0.4, 0.5) is 10.7 Å². The summed E-state index contributed by atoms with van der Waals surface area (Å²) in [6.45, 7) is 1.45. The van der Waals surface area contributed by atoms with Gasteiger partial charge in [0.2, 0.25) is 11.9 Å². The fraction of sp³-hybridized carbons (Fsp3) is 0.500. The van der Waals surface area contributed by atoms with Crippen molar-refractivity contribution in [1.29, 1.82) is 0 Å². The fourth-order valence-electron chi connectivity index (χ4n) is 2.37. The Morgan fingerprint density at radius 1 is 1.33 bits per heavy atom. The van der Waals surface area contributed by atoms with Crippen LogP contribution in [0, 0.1) is 5.92 Å². The van der Waals surface area contributed by atoms with E-state index in [1.807, 2.05) is 0 Å². The van der Waals surface area contributed by atoms with Crippen LogP contribution in [0.15, 0.2) is 18.5 Å². The Bertz CT molecular complexity index is 698. The van der Waals surface area contributed by atoms with E-state index >= 15 is 0 Å². The zero-order chi connectivity index (χ0) is 19.8. The van der Waals surface area contributed by atoms with E-state index in [-0.39, 0.29) is 6.54 Å². The van der Waals surface area contributed by atoms with Gasteiger partial charge in [-0.15, -0.1) is 0 Å². The van der Waals surface area contributed by atoms with Gasteiger partial charge in [0, 0.05) is 25.5 Å². The van der Waals surface area contributed by atoms with E-state index < -0.39 is 42.3 Å². The molecule has 1 saturated heterocycles. The molecule has 4 N–H and O–H groups in total. The predicted octanol–water partition coefficient (Wildman–Crippen LogP) is -0.574. The summed E-state index contributed by atoms with van der Waals surface area (Å²) in [6, 6.07) is 0.373. The number of rotatable bonds is 10. The molecule has 27 heavy (non-hydrogen) atoms. The van der Waals surface area contributed by atoms with Gasteiger partial charge >= 0.3 is 12.0 Å². The Hall–Kier alpha value is -3.24. The molecule has 2 rings (SSSR count). The molecule has 0 bridgehead atoms. The summed E-state index contributed by atoms with van der Waals surface area (Å²) in [5.74, 6) is -2.38. The highest BCUT2D eigenvalue weighted by molar-refractivity contribution is 6.06. The van der Waals surface area contributed by atoms with Crippen LogP contribution in [0.1, 0.15) is 19.8 Å². The molecule has 1 aliphatic heterocycles. The maximum Gasteiger partial charge on any atom is 0.325 e. The number of amides is 4. The third-order valence-electron chi connectivity index (χ3n) is 3.95. The van der Waals surface area contributed by atoms with Gasteiger partial charge in [-0.1, -0.05) is 6.92 Å². The van der Waals surface area contributed by atoms with Crippen LogP contribution in [0.5, 0.6) is 0 Å². The summed E-state index contributed by atoms with van der Waals surface area (Å²) in [5, 5.41) is 16.7. The van der Waals surface area contributed by atoms with Gasteiger partial charge in [-0.25, -0.2) is 14.8 Å². The summed E-state index contributed by atoms with van der Waals surface area (Å²) in [4.78, 5) is 55.6. The minimum atomic E-state index is -1.04. The van der Waals surface area contributed by atoms with Crippen LogP contribution in [0.2, 0.25) is 0 Å². The van der Waals surface area contributed by atoms with Crippen LogP contribution >= 0.6 is 0 Å². The lowest BCUT2D eigenvalue weighted by Crippen LogP contribution is -2.42. The van der Waals surface area contributed by atoms with E-state index in [0.717, 1.165) is 4.90 Å². The van der Waals surface area contributed by atoms with E-state index in [9.17, 15) is 19.2 Å². The molecule has 1 aromatic rings. The third-order valence-corrected chi connectivity index (χ3v) is 3.95. The number of hydrogen-bond acceptors (Lipinski definition) is 7. The molecule has 1 fully saturated rings. The second-order valence-corrected chi connectivity index (χ2v) is 6.11. The van der Waals surface area contributed by atoms with Gasteiger partial charge in [-0.3, -0.25) is 19.3 Å². The molecule has 0 spiro atoms. The number of imide groups is 1. The van der Waals surface area contributed by atoms with Gasteiger partial charge < -0.3 is 21.1 Å². The molecule has 2 heterocycles. The van der Waals surface area contributed by atoms with Crippen LogP contribution in [-0.4, -0.2) is 69.5 Å². The maximum atomic E-state index is 12.3. The van der Waals surface area contributed by atoms with E-state index in [0.29, 0.717) is 25.3 Å². The molecular formula is C16H22N6O5. The van der Waals surface area contributed by atoms with Gasteiger partial charge in [0.1, 0.15) is 12.6 Å². The van der Waals surface area contributed by atoms with Crippen LogP contribution in [-0.2, 0) is 14.4 Å². The van der Waals surface area contributed by atoms with E-state index in [2.05, 4.69) is 25.9 Å². The zero-order valence-corrected chi connectivity index (χ0v) is 14.8. The molecule has 4 amide bonds. The maximum absolute atomic E-state index is 12.3.